The van der Waals surface area contributed by atoms with E-state index in [2.05, 4.69) is 4.98 Å². The monoisotopic (exact) mass is 327 g/mol. The quantitative estimate of drug-likeness (QED) is 0.612. The van der Waals surface area contributed by atoms with Crippen LogP contribution in [0.5, 0.6) is 0 Å². The van der Waals surface area contributed by atoms with Crippen molar-refractivity contribution in [3.05, 3.63) is 88.2 Å². The average molecular weight is 328 g/mol. The minimum Gasteiger partial charge on any atom is -0.287 e. The van der Waals surface area contributed by atoms with Gasteiger partial charge in [0.25, 0.3) is 0 Å². The van der Waals surface area contributed by atoms with E-state index in [1.165, 1.54) is 0 Å². The van der Waals surface area contributed by atoms with Gasteiger partial charge in [0.2, 0.25) is 5.78 Å². The highest BCUT2D eigenvalue weighted by Crippen LogP contribution is 2.22. The first-order valence-electron chi connectivity index (χ1n) is 6.66. The van der Waals surface area contributed by atoms with E-state index in [1.807, 2.05) is 30.3 Å². The molecule has 4 heteroatoms. The van der Waals surface area contributed by atoms with Gasteiger partial charge in [0.05, 0.1) is 0 Å². The van der Waals surface area contributed by atoms with Crippen molar-refractivity contribution in [1.82, 2.24) is 4.98 Å². The van der Waals surface area contributed by atoms with Gasteiger partial charge in [-0.05, 0) is 59.7 Å². The van der Waals surface area contributed by atoms with Crippen molar-refractivity contribution in [3.8, 4) is 11.1 Å². The minimum absolute atomic E-state index is 0.132. The van der Waals surface area contributed by atoms with E-state index in [1.54, 1.807) is 36.5 Å². The second-order valence-electron chi connectivity index (χ2n) is 4.77. The number of aromatic nitrogens is 1. The number of carbonyl (C=O) groups excluding carboxylic acids is 1. The molecule has 2 nitrogen and oxygen atoms in total. The third kappa shape index (κ3) is 3.19. The van der Waals surface area contributed by atoms with Crippen LogP contribution in [0.4, 0.5) is 0 Å². The van der Waals surface area contributed by atoms with E-state index in [0.29, 0.717) is 21.3 Å². The zero-order valence-electron chi connectivity index (χ0n) is 11.5. The van der Waals surface area contributed by atoms with Gasteiger partial charge >= 0.3 is 0 Å². The van der Waals surface area contributed by atoms with Crippen LogP contribution >= 0.6 is 23.2 Å². The van der Waals surface area contributed by atoms with Crippen molar-refractivity contribution in [3.63, 3.8) is 0 Å². The molecule has 0 saturated heterocycles. The molecule has 0 aliphatic carbocycles. The molecular weight excluding hydrogens is 317 g/mol. The van der Waals surface area contributed by atoms with E-state index in [4.69, 9.17) is 23.2 Å². The summed E-state index contributed by atoms with van der Waals surface area (Å²) in [5.41, 5.74) is 2.86. The van der Waals surface area contributed by atoms with Crippen LogP contribution in [0.1, 0.15) is 16.1 Å². The lowest BCUT2D eigenvalue weighted by atomic mass is 10.0. The predicted molar refractivity (Wildman–Crippen MR) is 89.6 cm³/mol. The van der Waals surface area contributed by atoms with Crippen LogP contribution in [0.15, 0.2) is 66.9 Å². The molecule has 0 bridgehead atoms. The first kappa shape index (κ1) is 14.8. The fourth-order valence-corrected chi connectivity index (χ4v) is 2.38. The van der Waals surface area contributed by atoms with Gasteiger partial charge in [0, 0.05) is 21.8 Å². The summed E-state index contributed by atoms with van der Waals surface area (Å²) >= 11 is 11.7. The molecule has 1 heterocycles. The highest BCUT2D eigenvalue weighted by Gasteiger charge is 2.11. The molecule has 0 saturated carbocycles. The lowest BCUT2D eigenvalue weighted by molar-refractivity contribution is 0.103. The Bertz CT molecular complexity index is 811. The molecule has 0 atom stereocenters. The predicted octanol–water partition coefficient (Wildman–Crippen LogP) is 5.29. The van der Waals surface area contributed by atoms with Crippen LogP contribution < -0.4 is 0 Å². The number of hydrogen-bond donors (Lipinski definition) is 0. The summed E-state index contributed by atoms with van der Waals surface area (Å²) in [6, 6.07) is 17.9. The molecular formula is C18H11Cl2NO. The highest BCUT2D eigenvalue weighted by molar-refractivity contribution is 6.31. The average Bonchev–Trinajstić information content (AvgIpc) is 2.56. The topological polar surface area (TPSA) is 30.0 Å². The minimum atomic E-state index is -0.132. The second kappa shape index (κ2) is 6.30. The third-order valence-corrected chi connectivity index (χ3v) is 3.78. The summed E-state index contributed by atoms with van der Waals surface area (Å²) in [5, 5.41) is 1.27. The summed E-state index contributed by atoms with van der Waals surface area (Å²) in [7, 11) is 0. The van der Waals surface area contributed by atoms with Gasteiger partial charge in [-0.1, -0.05) is 35.3 Å². The first-order valence-corrected chi connectivity index (χ1v) is 7.41. The Balaban J connectivity index is 1.95. The zero-order chi connectivity index (χ0) is 15.5. The van der Waals surface area contributed by atoms with E-state index >= 15 is 0 Å². The normalized spacial score (nSPS) is 10.5. The van der Waals surface area contributed by atoms with Gasteiger partial charge in [0.15, 0.2) is 0 Å². The Kier molecular flexibility index (Phi) is 4.23. The Labute approximate surface area is 138 Å². The van der Waals surface area contributed by atoms with Gasteiger partial charge in [-0.3, -0.25) is 9.78 Å². The Morgan fingerprint density at radius 2 is 1.36 bits per heavy atom. The van der Waals surface area contributed by atoms with Crippen molar-refractivity contribution in [1.29, 1.82) is 0 Å². The number of carbonyl (C=O) groups is 1. The maximum atomic E-state index is 12.5. The largest absolute Gasteiger partial charge is 0.287 e. The molecule has 0 amide bonds. The van der Waals surface area contributed by atoms with Crippen LogP contribution in [-0.4, -0.2) is 10.8 Å². The molecule has 0 N–H and O–H groups in total. The van der Waals surface area contributed by atoms with Gasteiger partial charge in [0.1, 0.15) is 5.69 Å². The number of halogens is 2. The van der Waals surface area contributed by atoms with Crippen molar-refractivity contribution in [2.24, 2.45) is 0 Å². The van der Waals surface area contributed by atoms with Crippen LogP contribution in [0.25, 0.3) is 11.1 Å². The molecule has 22 heavy (non-hydrogen) atoms. The maximum Gasteiger partial charge on any atom is 0.211 e. The molecule has 108 valence electrons. The molecule has 2 aromatic carbocycles. The van der Waals surface area contributed by atoms with Crippen LogP contribution in [0.3, 0.4) is 0 Å². The molecule has 0 fully saturated rings. The molecule has 1 aromatic heterocycles. The molecule has 0 radical (unpaired) electrons. The summed E-state index contributed by atoms with van der Waals surface area (Å²) in [6.07, 6.45) is 1.63. The molecule has 0 aliphatic rings. The van der Waals surface area contributed by atoms with Crippen molar-refractivity contribution in [2.75, 3.05) is 0 Å². The first-order chi connectivity index (χ1) is 10.6. The van der Waals surface area contributed by atoms with Gasteiger partial charge in [-0.25, -0.2) is 0 Å². The number of rotatable bonds is 3. The van der Waals surface area contributed by atoms with E-state index in [-0.39, 0.29) is 5.78 Å². The van der Waals surface area contributed by atoms with E-state index < -0.39 is 0 Å². The van der Waals surface area contributed by atoms with E-state index in [0.717, 1.165) is 11.1 Å². The van der Waals surface area contributed by atoms with Gasteiger partial charge < -0.3 is 0 Å². The van der Waals surface area contributed by atoms with Crippen LogP contribution in [0, 0.1) is 0 Å². The molecule has 0 unspecified atom stereocenters. The SMILES string of the molecule is O=C(c1ccc(Cl)cc1)c1cc(-c2ccc(Cl)cc2)ccn1. The van der Waals surface area contributed by atoms with Crippen molar-refractivity contribution >= 4 is 29.0 Å². The summed E-state index contributed by atoms with van der Waals surface area (Å²) in [4.78, 5) is 16.6. The number of hydrogen-bond acceptors (Lipinski definition) is 2. The van der Waals surface area contributed by atoms with Crippen molar-refractivity contribution in [2.45, 2.75) is 0 Å². The Morgan fingerprint density at radius 3 is 2.00 bits per heavy atom. The Morgan fingerprint density at radius 1 is 0.773 bits per heavy atom. The standard InChI is InChI=1S/C18H11Cl2NO/c19-15-5-1-12(2-6-15)14-9-10-21-17(11-14)18(22)13-3-7-16(20)8-4-13/h1-11H. The highest BCUT2D eigenvalue weighted by atomic mass is 35.5. The van der Waals surface area contributed by atoms with Gasteiger partial charge in [-0.15, -0.1) is 0 Å². The third-order valence-electron chi connectivity index (χ3n) is 3.28. The maximum absolute atomic E-state index is 12.5. The summed E-state index contributed by atoms with van der Waals surface area (Å²) in [5.74, 6) is -0.132. The molecule has 3 aromatic rings. The number of nitrogens with zero attached hydrogens (tertiary/aromatic N) is 1. The number of pyridine rings is 1. The molecule has 0 spiro atoms. The smallest absolute Gasteiger partial charge is 0.211 e. The van der Waals surface area contributed by atoms with Crippen molar-refractivity contribution < 1.29 is 4.79 Å². The fraction of sp³-hybridized carbons (Fsp3) is 0. The lowest BCUT2D eigenvalue weighted by Crippen LogP contribution is -2.03. The fourth-order valence-electron chi connectivity index (χ4n) is 2.13. The van der Waals surface area contributed by atoms with Crippen LogP contribution in [-0.2, 0) is 0 Å². The number of benzene rings is 2. The summed E-state index contributed by atoms with van der Waals surface area (Å²) in [6.45, 7) is 0. The van der Waals surface area contributed by atoms with Crippen LogP contribution in [0.2, 0.25) is 10.0 Å². The van der Waals surface area contributed by atoms with E-state index in [9.17, 15) is 4.79 Å². The molecule has 0 aliphatic heterocycles. The van der Waals surface area contributed by atoms with Gasteiger partial charge in [-0.2, -0.15) is 0 Å². The Hall–Kier alpha value is -2.16. The molecule has 3 rings (SSSR count). The summed E-state index contributed by atoms with van der Waals surface area (Å²) < 4.78 is 0. The zero-order valence-corrected chi connectivity index (χ0v) is 13.0. The lowest BCUT2D eigenvalue weighted by Gasteiger charge is -2.05. The number of ketones is 1. The second-order valence-corrected chi connectivity index (χ2v) is 5.65.